The first-order valence-corrected chi connectivity index (χ1v) is 7.28. The SMILES string of the molecule is CCCN=c1nc2ccccc2c(N)n1-c1ccccc1O. The van der Waals surface area contributed by atoms with E-state index in [1.165, 1.54) is 0 Å². The van der Waals surface area contributed by atoms with Gasteiger partial charge in [-0.15, -0.1) is 0 Å². The van der Waals surface area contributed by atoms with Crippen LogP contribution in [0.25, 0.3) is 16.6 Å². The molecule has 0 atom stereocenters. The van der Waals surface area contributed by atoms with Crippen molar-refractivity contribution in [2.24, 2.45) is 4.99 Å². The third-order valence-corrected chi connectivity index (χ3v) is 3.44. The number of anilines is 1. The predicted molar refractivity (Wildman–Crippen MR) is 87.9 cm³/mol. The lowest BCUT2D eigenvalue weighted by Gasteiger charge is -2.14. The molecule has 0 radical (unpaired) electrons. The molecule has 0 spiro atoms. The Kier molecular flexibility index (Phi) is 3.78. The van der Waals surface area contributed by atoms with Crippen LogP contribution in [0, 0.1) is 0 Å². The molecular formula is C17H18N4O. The minimum Gasteiger partial charge on any atom is -0.506 e. The average Bonchev–Trinajstić information content (AvgIpc) is 2.54. The van der Waals surface area contributed by atoms with Crippen molar-refractivity contribution < 1.29 is 5.11 Å². The lowest BCUT2D eigenvalue weighted by Crippen LogP contribution is -2.26. The van der Waals surface area contributed by atoms with Crippen molar-refractivity contribution >= 4 is 16.7 Å². The van der Waals surface area contributed by atoms with Crippen LogP contribution in [-0.4, -0.2) is 21.2 Å². The number of rotatable bonds is 3. The number of phenolic OH excluding ortho intramolecular Hbond substituents is 1. The van der Waals surface area contributed by atoms with Gasteiger partial charge in [-0.3, -0.25) is 9.56 Å². The Morgan fingerprint density at radius 1 is 1.14 bits per heavy atom. The maximum Gasteiger partial charge on any atom is 0.231 e. The topological polar surface area (TPSA) is 76.4 Å². The highest BCUT2D eigenvalue weighted by Gasteiger charge is 2.11. The largest absolute Gasteiger partial charge is 0.506 e. The maximum atomic E-state index is 10.2. The molecule has 0 fully saturated rings. The van der Waals surface area contributed by atoms with Gasteiger partial charge in [-0.1, -0.05) is 31.2 Å². The molecule has 0 amide bonds. The van der Waals surface area contributed by atoms with E-state index in [4.69, 9.17) is 5.73 Å². The molecule has 0 unspecified atom stereocenters. The van der Waals surface area contributed by atoms with E-state index >= 15 is 0 Å². The normalized spacial score (nSPS) is 12.0. The molecule has 5 heteroatoms. The van der Waals surface area contributed by atoms with E-state index in [1.54, 1.807) is 22.8 Å². The van der Waals surface area contributed by atoms with Crippen molar-refractivity contribution in [2.75, 3.05) is 12.3 Å². The van der Waals surface area contributed by atoms with Gasteiger partial charge >= 0.3 is 0 Å². The minimum atomic E-state index is 0.143. The monoisotopic (exact) mass is 294 g/mol. The zero-order valence-electron chi connectivity index (χ0n) is 12.4. The van der Waals surface area contributed by atoms with Crippen LogP contribution in [0.5, 0.6) is 5.75 Å². The molecule has 0 aliphatic rings. The first-order chi connectivity index (χ1) is 10.7. The Morgan fingerprint density at radius 3 is 2.64 bits per heavy atom. The van der Waals surface area contributed by atoms with Crippen molar-refractivity contribution in [3.63, 3.8) is 0 Å². The third-order valence-electron chi connectivity index (χ3n) is 3.44. The lowest BCUT2D eigenvalue weighted by molar-refractivity contribution is 0.471. The summed E-state index contributed by atoms with van der Waals surface area (Å²) < 4.78 is 1.70. The summed E-state index contributed by atoms with van der Waals surface area (Å²) in [6.07, 6.45) is 0.912. The standard InChI is InChI=1S/C17H18N4O/c1-2-11-19-17-20-13-8-4-3-7-12(13)16(18)21(17)14-9-5-6-10-15(14)22/h3-10,22H,2,11,18H2,1H3. The van der Waals surface area contributed by atoms with E-state index in [2.05, 4.69) is 16.9 Å². The second-order valence-electron chi connectivity index (χ2n) is 5.02. The van der Waals surface area contributed by atoms with Crippen LogP contribution >= 0.6 is 0 Å². The molecule has 3 N–H and O–H groups in total. The summed E-state index contributed by atoms with van der Waals surface area (Å²) in [4.78, 5) is 9.11. The molecule has 1 aromatic heterocycles. The van der Waals surface area contributed by atoms with E-state index < -0.39 is 0 Å². The van der Waals surface area contributed by atoms with Gasteiger partial charge in [0.15, 0.2) is 0 Å². The fourth-order valence-electron chi connectivity index (χ4n) is 2.38. The number of nitrogens with two attached hydrogens (primary N) is 1. The van der Waals surface area contributed by atoms with Crippen LogP contribution in [0.15, 0.2) is 53.5 Å². The quantitative estimate of drug-likeness (QED) is 0.779. The summed E-state index contributed by atoms with van der Waals surface area (Å²) >= 11 is 0. The lowest BCUT2D eigenvalue weighted by atomic mass is 10.2. The molecule has 0 saturated carbocycles. The smallest absolute Gasteiger partial charge is 0.231 e. The summed E-state index contributed by atoms with van der Waals surface area (Å²) in [6, 6.07) is 14.7. The number of nitrogens with zero attached hydrogens (tertiary/aromatic N) is 3. The fraction of sp³-hybridized carbons (Fsp3) is 0.176. The van der Waals surface area contributed by atoms with Crippen molar-refractivity contribution in [3.05, 3.63) is 54.1 Å². The van der Waals surface area contributed by atoms with Gasteiger partial charge in [0.2, 0.25) is 5.62 Å². The zero-order valence-corrected chi connectivity index (χ0v) is 12.4. The van der Waals surface area contributed by atoms with Crippen molar-refractivity contribution in [3.8, 4) is 11.4 Å². The van der Waals surface area contributed by atoms with Crippen molar-refractivity contribution in [1.82, 2.24) is 9.55 Å². The predicted octanol–water partition coefficient (Wildman–Crippen LogP) is 2.62. The Labute approximate surface area is 128 Å². The van der Waals surface area contributed by atoms with Crippen LogP contribution in [-0.2, 0) is 0 Å². The van der Waals surface area contributed by atoms with E-state index in [1.807, 2.05) is 30.3 Å². The van der Waals surface area contributed by atoms with E-state index in [9.17, 15) is 5.11 Å². The Balaban J connectivity index is 2.41. The van der Waals surface area contributed by atoms with E-state index in [-0.39, 0.29) is 5.75 Å². The van der Waals surface area contributed by atoms with Crippen LogP contribution in [0.1, 0.15) is 13.3 Å². The number of nitrogen functional groups attached to an aromatic ring is 1. The number of hydrogen-bond donors (Lipinski definition) is 2. The molecule has 2 aromatic carbocycles. The van der Waals surface area contributed by atoms with Crippen molar-refractivity contribution in [1.29, 1.82) is 0 Å². The van der Waals surface area contributed by atoms with E-state index in [0.29, 0.717) is 23.7 Å². The highest BCUT2D eigenvalue weighted by molar-refractivity contribution is 5.88. The number of phenols is 1. The Morgan fingerprint density at radius 2 is 1.86 bits per heavy atom. The highest BCUT2D eigenvalue weighted by atomic mass is 16.3. The fourth-order valence-corrected chi connectivity index (χ4v) is 2.38. The second kappa shape index (κ2) is 5.89. The molecule has 5 nitrogen and oxygen atoms in total. The van der Waals surface area contributed by atoms with E-state index in [0.717, 1.165) is 17.3 Å². The Bertz CT molecular complexity index is 883. The van der Waals surface area contributed by atoms with Crippen LogP contribution in [0.2, 0.25) is 0 Å². The molecule has 0 saturated heterocycles. The molecule has 0 bridgehead atoms. The second-order valence-corrected chi connectivity index (χ2v) is 5.02. The maximum absolute atomic E-state index is 10.2. The third kappa shape index (κ3) is 2.41. The summed E-state index contributed by atoms with van der Waals surface area (Å²) in [5.41, 5.74) is 8.21. The van der Waals surface area contributed by atoms with Gasteiger partial charge in [-0.05, 0) is 30.7 Å². The van der Waals surface area contributed by atoms with Crippen LogP contribution in [0.3, 0.4) is 0 Å². The molecule has 1 heterocycles. The number of para-hydroxylation sites is 3. The molecule has 22 heavy (non-hydrogen) atoms. The molecule has 0 aliphatic carbocycles. The van der Waals surface area contributed by atoms with Gasteiger partial charge < -0.3 is 10.8 Å². The van der Waals surface area contributed by atoms with Crippen LogP contribution < -0.4 is 11.4 Å². The summed E-state index contributed by atoms with van der Waals surface area (Å²) in [5.74, 6) is 0.659. The first kappa shape index (κ1) is 14.1. The molecule has 112 valence electrons. The van der Waals surface area contributed by atoms with Gasteiger partial charge in [-0.25, -0.2) is 4.98 Å². The molecule has 3 aromatic rings. The number of aromatic hydroxyl groups is 1. The van der Waals surface area contributed by atoms with Crippen LogP contribution in [0.4, 0.5) is 5.82 Å². The van der Waals surface area contributed by atoms with Gasteiger partial charge in [0, 0.05) is 11.9 Å². The number of fused-ring (bicyclic) bond motifs is 1. The summed E-state index contributed by atoms with van der Waals surface area (Å²) in [6.45, 7) is 2.70. The molecule has 0 aliphatic heterocycles. The number of aromatic nitrogens is 2. The van der Waals surface area contributed by atoms with Gasteiger partial charge in [0.1, 0.15) is 11.6 Å². The number of hydrogen-bond acceptors (Lipinski definition) is 4. The molecule has 3 rings (SSSR count). The first-order valence-electron chi connectivity index (χ1n) is 7.28. The zero-order chi connectivity index (χ0) is 15.5. The summed E-state index contributed by atoms with van der Waals surface area (Å²) in [5, 5.41) is 11.0. The van der Waals surface area contributed by atoms with Gasteiger partial charge in [0.05, 0.1) is 11.2 Å². The highest BCUT2D eigenvalue weighted by Crippen LogP contribution is 2.25. The minimum absolute atomic E-state index is 0.143. The average molecular weight is 294 g/mol. The van der Waals surface area contributed by atoms with Gasteiger partial charge in [-0.2, -0.15) is 0 Å². The number of benzene rings is 2. The Hall–Kier alpha value is -2.82. The summed E-state index contributed by atoms with van der Waals surface area (Å²) in [7, 11) is 0. The molecular weight excluding hydrogens is 276 g/mol. The van der Waals surface area contributed by atoms with Crippen molar-refractivity contribution in [2.45, 2.75) is 13.3 Å². The van der Waals surface area contributed by atoms with Gasteiger partial charge in [0.25, 0.3) is 0 Å².